The molecule has 4 heteroatoms. The molecule has 0 spiro atoms. The van der Waals surface area contributed by atoms with E-state index in [9.17, 15) is 4.79 Å². The highest BCUT2D eigenvalue weighted by Crippen LogP contribution is 2.49. The highest BCUT2D eigenvalue weighted by atomic mass is 35.5. The maximum Gasteiger partial charge on any atom is 0.320 e. The molecular weight excluding hydrogens is 296 g/mol. The molecule has 1 atom stereocenters. The molecule has 0 radical (unpaired) electrons. The van der Waals surface area contributed by atoms with Gasteiger partial charge in [0.2, 0.25) is 0 Å². The predicted molar refractivity (Wildman–Crippen MR) is 89.9 cm³/mol. The standard InChI is InChI=1S/C18H21ClN2O/c1-2-3-4-5-6-11-18(13-7-8-13)15-12-14(19)9-10-16(15)20-17(22)21-18/h9-10,12-13H,2-5,7-8H2,1H3,(H2,20,21,22). The lowest BCUT2D eigenvalue weighted by Gasteiger charge is -2.36. The Kier molecular flexibility index (Phi) is 4.31. The van der Waals surface area contributed by atoms with Crippen molar-refractivity contribution in [3.63, 3.8) is 0 Å². The van der Waals surface area contributed by atoms with Crippen LogP contribution >= 0.6 is 11.6 Å². The Morgan fingerprint density at radius 1 is 1.36 bits per heavy atom. The summed E-state index contributed by atoms with van der Waals surface area (Å²) < 4.78 is 0. The van der Waals surface area contributed by atoms with E-state index < -0.39 is 5.54 Å². The Morgan fingerprint density at radius 3 is 2.91 bits per heavy atom. The molecule has 2 amide bonds. The van der Waals surface area contributed by atoms with E-state index in [2.05, 4.69) is 29.4 Å². The summed E-state index contributed by atoms with van der Waals surface area (Å²) in [6, 6.07) is 5.43. The van der Waals surface area contributed by atoms with Gasteiger partial charge in [0.25, 0.3) is 0 Å². The van der Waals surface area contributed by atoms with Crippen LogP contribution in [0.4, 0.5) is 10.5 Å². The summed E-state index contributed by atoms with van der Waals surface area (Å²) in [6.45, 7) is 2.18. The normalized spacial score (nSPS) is 22.9. The molecule has 1 heterocycles. The average molecular weight is 317 g/mol. The second-order valence-corrected chi connectivity index (χ2v) is 6.55. The van der Waals surface area contributed by atoms with Crippen LogP contribution in [0.25, 0.3) is 0 Å². The van der Waals surface area contributed by atoms with Gasteiger partial charge >= 0.3 is 6.03 Å². The van der Waals surface area contributed by atoms with Crippen molar-refractivity contribution in [3.8, 4) is 11.8 Å². The number of amides is 2. The third-order valence-corrected chi connectivity index (χ3v) is 4.58. The first-order valence-electron chi connectivity index (χ1n) is 8.05. The second kappa shape index (κ2) is 6.22. The van der Waals surface area contributed by atoms with Gasteiger partial charge in [0.1, 0.15) is 5.54 Å². The van der Waals surface area contributed by atoms with Crippen LogP contribution in [0.3, 0.4) is 0 Å². The van der Waals surface area contributed by atoms with Crippen LogP contribution in [-0.4, -0.2) is 6.03 Å². The van der Waals surface area contributed by atoms with Gasteiger partial charge in [-0.15, -0.1) is 5.92 Å². The Morgan fingerprint density at radius 2 is 2.18 bits per heavy atom. The zero-order chi connectivity index (χ0) is 15.6. The molecule has 1 unspecified atom stereocenters. The van der Waals surface area contributed by atoms with Crippen molar-refractivity contribution >= 4 is 23.3 Å². The highest BCUT2D eigenvalue weighted by molar-refractivity contribution is 6.30. The largest absolute Gasteiger partial charge is 0.320 e. The van der Waals surface area contributed by atoms with Crippen LogP contribution in [-0.2, 0) is 5.54 Å². The van der Waals surface area contributed by atoms with Gasteiger partial charge in [-0.25, -0.2) is 4.79 Å². The Bertz CT molecular complexity index is 642. The van der Waals surface area contributed by atoms with Crippen LogP contribution in [0.1, 0.15) is 51.0 Å². The van der Waals surface area contributed by atoms with Crippen molar-refractivity contribution in [2.75, 3.05) is 5.32 Å². The number of unbranched alkanes of at least 4 members (excludes halogenated alkanes) is 3. The lowest BCUT2D eigenvalue weighted by Crippen LogP contribution is -2.52. The van der Waals surface area contributed by atoms with Crippen molar-refractivity contribution in [2.45, 2.75) is 51.0 Å². The molecule has 1 aliphatic heterocycles. The van der Waals surface area contributed by atoms with E-state index in [-0.39, 0.29) is 6.03 Å². The third-order valence-electron chi connectivity index (χ3n) is 4.35. The molecule has 1 aliphatic carbocycles. The summed E-state index contributed by atoms with van der Waals surface area (Å²) in [7, 11) is 0. The number of anilines is 1. The lowest BCUT2D eigenvalue weighted by molar-refractivity contribution is 0.238. The van der Waals surface area contributed by atoms with E-state index in [1.165, 1.54) is 12.8 Å². The molecule has 2 aliphatic rings. The van der Waals surface area contributed by atoms with E-state index in [1.54, 1.807) is 6.07 Å². The number of benzene rings is 1. The van der Waals surface area contributed by atoms with Gasteiger partial charge in [-0.1, -0.05) is 37.3 Å². The van der Waals surface area contributed by atoms with Crippen LogP contribution in [0.5, 0.6) is 0 Å². The van der Waals surface area contributed by atoms with E-state index in [4.69, 9.17) is 11.6 Å². The number of hydrogen-bond donors (Lipinski definition) is 2. The van der Waals surface area contributed by atoms with E-state index >= 15 is 0 Å². The number of halogens is 1. The van der Waals surface area contributed by atoms with Gasteiger partial charge in [0.05, 0.1) is 0 Å². The van der Waals surface area contributed by atoms with Gasteiger partial charge in [-0.05, 0) is 43.4 Å². The molecule has 1 aromatic carbocycles. The zero-order valence-corrected chi connectivity index (χ0v) is 13.6. The smallest absolute Gasteiger partial charge is 0.317 e. The van der Waals surface area contributed by atoms with Crippen LogP contribution in [0.2, 0.25) is 5.02 Å². The molecule has 2 N–H and O–H groups in total. The number of carbonyl (C=O) groups is 1. The number of nitrogens with one attached hydrogen (secondary N) is 2. The SMILES string of the molecule is CCCCCC#CC1(C2CC2)NC(=O)Nc2ccc(Cl)cc21. The minimum atomic E-state index is -0.575. The molecule has 0 aromatic heterocycles. The third kappa shape index (κ3) is 2.94. The summed E-state index contributed by atoms with van der Waals surface area (Å²) in [4.78, 5) is 12.1. The van der Waals surface area contributed by atoms with Crippen molar-refractivity contribution in [3.05, 3.63) is 28.8 Å². The van der Waals surface area contributed by atoms with Crippen molar-refractivity contribution in [1.82, 2.24) is 5.32 Å². The molecule has 0 bridgehead atoms. The molecule has 3 rings (SSSR count). The molecule has 1 aromatic rings. The van der Waals surface area contributed by atoms with Gasteiger partial charge in [0.15, 0.2) is 0 Å². The first-order chi connectivity index (χ1) is 10.7. The summed E-state index contributed by atoms with van der Waals surface area (Å²) in [6.07, 6.45) is 6.56. The minimum absolute atomic E-state index is 0.176. The summed E-state index contributed by atoms with van der Waals surface area (Å²) >= 11 is 6.18. The highest BCUT2D eigenvalue weighted by Gasteiger charge is 2.50. The molecule has 22 heavy (non-hydrogen) atoms. The summed E-state index contributed by atoms with van der Waals surface area (Å²) in [5, 5.41) is 6.62. The number of fused-ring (bicyclic) bond motifs is 1. The van der Waals surface area contributed by atoms with Crippen molar-refractivity contribution < 1.29 is 4.79 Å². The number of urea groups is 1. The summed E-state index contributed by atoms with van der Waals surface area (Å²) in [5.41, 5.74) is 1.25. The summed E-state index contributed by atoms with van der Waals surface area (Å²) in [5.74, 6) is 7.07. The number of hydrogen-bond acceptors (Lipinski definition) is 1. The topological polar surface area (TPSA) is 41.1 Å². The van der Waals surface area contributed by atoms with Gasteiger partial charge in [-0.3, -0.25) is 0 Å². The molecule has 1 fully saturated rings. The first kappa shape index (κ1) is 15.2. The van der Waals surface area contributed by atoms with E-state index in [0.29, 0.717) is 10.9 Å². The predicted octanol–water partition coefficient (Wildman–Crippen LogP) is 4.66. The van der Waals surface area contributed by atoms with Crippen LogP contribution < -0.4 is 10.6 Å². The monoisotopic (exact) mass is 316 g/mol. The maximum absolute atomic E-state index is 12.1. The van der Waals surface area contributed by atoms with Crippen LogP contribution in [0.15, 0.2) is 18.2 Å². The fourth-order valence-electron chi connectivity index (χ4n) is 3.06. The average Bonchev–Trinajstić information content (AvgIpc) is 3.32. The molecule has 116 valence electrons. The molecule has 1 saturated carbocycles. The molecular formula is C18H21ClN2O. The fourth-order valence-corrected chi connectivity index (χ4v) is 3.23. The molecule has 0 saturated heterocycles. The van der Waals surface area contributed by atoms with Crippen molar-refractivity contribution in [2.24, 2.45) is 5.92 Å². The molecule has 3 nitrogen and oxygen atoms in total. The van der Waals surface area contributed by atoms with Crippen molar-refractivity contribution in [1.29, 1.82) is 0 Å². The Hall–Kier alpha value is -1.66. The van der Waals surface area contributed by atoms with Gasteiger partial charge < -0.3 is 10.6 Å². The quantitative estimate of drug-likeness (QED) is 0.615. The number of carbonyl (C=O) groups excluding carboxylic acids is 1. The second-order valence-electron chi connectivity index (χ2n) is 6.11. The first-order valence-corrected chi connectivity index (χ1v) is 8.42. The fraction of sp³-hybridized carbons (Fsp3) is 0.500. The Labute approximate surface area is 136 Å². The van der Waals surface area contributed by atoms with E-state index in [1.807, 2.05) is 12.1 Å². The zero-order valence-electron chi connectivity index (χ0n) is 12.8. The van der Waals surface area contributed by atoms with E-state index in [0.717, 1.165) is 36.9 Å². The number of rotatable bonds is 4. The maximum atomic E-state index is 12.1. The van der Waals surface area contributed by atoms with Gasteiger partial charge in [0, 0.05) is 22.7 Å². The van der Waals surface area contributed by atoms with Gasteiger partial charge in [-0.2, -0.15) is 0 Å². The minimum Gasteiger partial charge on any atom is -0.317 e. The van der Waals surface area contributed by atoms with Crippen LogP contribution in [0, 0.1) is 17.8 Å². The Balaban J connectivity index is 1.96. The lowest BCUT2D eigenvalue weighted by atomic mass is 9.83.